The van der Waals surface area contributed by atoms with E-state index in [0.29, 0.717) is 5.56 Å². The van der Waals surface area contributed by atoms with Crippen molar-refractivity contribution in [3.63, 3.8) is 0 Å². The van der Waals surface area contributed by atoms with E-state index in [2.05, 4.69) is 0 Å². The number of ether oxygens (including phenoxy) is 1. The Balaban J connectivity index is 2.63. The molecular weight excluding hydrogens is 223 g/mol. The summed E-state index contributed by atoms with van der Waals surface area (Å²) >= 11 is 0. The zero-order valence-electron chi connectivity index (χ0n) is 10.2. The predicted octanol–water partition coefficient (Wildman–Crippen LogP) is 1.72. The van der Waals surface area contributed by atoms with Gasteiger partial charge < -0.3 is 14.9 Å². The van der Waals surface area contributed by atoms with Gasteiger partial charge in [0.2, 0.25) is 0 Å². The van der Waals surface area contributed by atoms with E-state index in [1.165, 1.54) is 6.07 Å². The van der Waals surface area contributed by atoms with Gasteiger partial charge in [0.15, 0.2) is 0 Å². The highest BCUT2D eigenvalue weighted by Crippen LogP contribution is 2.23. The molecule has 0 spiro atoms. The lowest BCUT2D eigenvalue weighted by Crippen LogP contribution is -2.38. The minimum atomic E-state index is -0.556. The molecule has 96 valence electrons. The standard InChI is InChI=1S/C13H19FO3/c1-13(2,9-16)12(7-15)17-8-10-5-3-4-6-11(10)14/h3-6,12,15-16H,7-9H2,1-2H3. The maximum atomic E-state index is 13.3. The summed E-state index contributed by atoms with van der Waals surface area (Å²) < 4.78 is 18.8. The van der Waals surface area contributed by atoms with Crippen LogP contribution in [0.4, 0.5) is 4.39 Å². The van der Waals surface area contributed by atoms with Crippen LogP contribution in [0.25, 0.3) is 0 Å². The molecule has 0 radical (unpaired) electrons. The van der Waals surface area contributed by atoms with Crippen molar-refractivity contribution in [2.75, 3.05) is 13.2 Å². The monoisotopic (exact) mass is 242 g/mol. The number of aliphatic hydroxyl groups excluding tert-OH is 2. The van der Waals surface area contributed by atoms with Crippen LogP contribution in [0.5, 0.6) is 0 Å². The normalized spacial score (nSPS) is 13.7. The number of rotatable bonds is 6. The van der Waals surface area contributed by atoms with Gasteiger partial charge >= 0.3 is 0 Å². The molecule has 4 heteroatoms. The Hall–Kier alpha value is -0.970. The second-order valence-electron chi connectivity index (χ2n) is 4.72. The summed E-state index contributed by atoms with van der Waals surface area (Å²) in [5, 5.41) is 18.4. The van der Waals surface area contributed by atoms with Crippen LogP contribution in [-0.4, -0.2) is 29.5 Å². The molecule has 0 aliphatic rings. The first-order chi connectivity index (χ1) is 8.01. The lowest BCUT2D eigenvalue weighted by atomic mass is 9.88. The Labute approximate surface area is 101 Å². The van der Waals surface area contributed by atoms with Gasteiger partial charge in [-0.15, -0.1) is 0 Å². The average Bonchev–Trinajstić information content (AvgIpc) is 2.32. The Morgan fingerprint density at radius 1 is 1.29 bits per heavy atom. The van der Waals surface area contributed by atoms with Gasteiger partial charge in [-0.3, -0.25) is 0 Å². The summed E-state index contributed by atoms with van der Waals surface area (Å²) in [6, 6.07) is 6.34. The molecule has 0 saturated carbocycles. The quantitative estimate of drug-likeness (QED) is 0.798. The number of halogens is 1. The maximum absolute atomic E-state index is 13.3. The zero-order chi connectivity index (χ0) is 12.9. The van der Waals surface area contributed by atoms with Crippen LogP contribution in [0, 0.1) is 11.2 Å². The molecule has 0 amide bonds. The second-order valence-corrected chi connectivity index (χ2v) is 4.72. The molecule has 3 nitrogen and oxygen atoms in total. The van der Waals surface area contributed by atoms with E-state index in [9.17, 15) is 14.6 Å². The van der Waals surface area contributed by atoms with Crippen LogP contribution in [0.2, 0.25) is 0 Å². The van der Waals surface area contributed by atoms with Crippen molar-refractivity contribution in [1.29, 1.82) is 0 Å². The lowest BCUT2D eigenvalue weighted by molar-refractivity contribution is -0.0827. The Morgan fingerprint density at radius 3 is 2.47 bits per heavy atom. The van der Waals surface area contributed by atoms with Crippen LogP contribution in [-0.2, 0) is 11.3 Å². The zero-order valence-corrected chi connectivity index (χ0v) is 10.2. The molecule has 0 heterocycles. The molecule has 1 aromatic carbocycles. The van der Waals surface area contributed by atoms with Crippen molar-refractivity contribution in [2.45, 2.75) is 26.6 Å². The van der Waals surface area contributed by atoms with Crippen LogP contribution in [0.15, 0.2) is 24.3 Å². The third-order valence-electron chi connectivity index (χ3n) is 2.84. The Morgan fingerprint density at radius 2 is 1.94 bits per heavy atom. The average molecular weight is 242 g/mol. The highest BCUT2D eigenvalue weighted by molar-refractivity contribution is 5.16. The largest absolute Gasteiger partial charge is 0.396 e. The van der Waals surface area contributed by atoms with Crippen LogP contribution in [0.3, 0.4) is 0 Å². The molecular formula is C13H19FO3. The molecule has 17 heavy (non-hydrogen) atoms. The van der Waals surface area contributed by atoms with Gasteiger partial charge in [-0.1, -0.05) is 32.0 Å². The maximum Gasteiger partial charge on any atom is 0.128 e. The summed E-state index contributed by atoms with van der Waals surface area (Å²) in [6.07, 6.45) is -0.521. The summed E-state index contributed by atoms with van der Waals surface area (Å²) in [6.45, 7) is 3.35. The molecule has 1 atom stereocenters. The molecule has 1 unspecified atom stereocenters. The molecule has 0 saturated heterocycles. The molecule has 0 bridgehead atoms. The molecule has 0 aromatic heterocycles. The highest BCUT2D eigenvalue weighted by atomic mass is 19.1. The number of hydrogen-bond acceptors (Lipinski definition) is 3. The topological polar surface area (TPSA) is 49.7 Å². The predicted molar refractivity (Wildman–Crippen MR) is 62.9 cm³/mol. The van der Waals surface area contributed by atoms with Gasteiger partial charge in [-0.2, -0.15) is 0 Å². The molecule has 2 N–H and O–H groups in total. The summed E-state index contributed by atoms with van der Waals surface area (Å²) in [4.78, 5) is 0. The van der Waals surface area contributed by atoms with Gasteiger partial charge in [0, 0.05) is 11.0 Å². The van der Waals surface area contributed by atoms with E-state index in [-0.39, 0.29) is 25.6 Å². The summed E-state index contributed by atoms with van der Waals surface area (Å²) in [7, 11) is 0. The fraction of sp³-hybridized carbons (Fsp3) is 0.538. The second kappa shape index (κ2) is 6.10. The molecule has 0 aliphatic carbocycles. The van der Waals surface area contributed by atoms with Crippen LogP contribution < -0.4 is 0 Å². The van der Waals surface area contributed by atoms with Crippen molar-refractivity contribution < 1.29 is 19.3 Å². The van der Waals surface area contributed by atoms with E-state index in [0.717, 1.165) is 0 Å². The number of hydrogen-bond donors (Lipinski definition) is 2. The van der Waals surface area contributed by atoms with Gasteiger partial charge in [0.05, 0.1) is 25.9 Å². The first kappa shape index (κ1) is 14.1. The van der Waals surface area contributed by atoms with Crippen molar-refractivity contribution in [1.82, 2.24) is 0 Å². The van der Waals surface area contributed by atoms with Crippen molar-refractivity contribution in [3.05, 3.63) is 35.6 Å². The van der Waals surface area contributed by atoms with E-state index < -0.39 is 11.5 Å². The van der Waals surface area contributed by atoms with Crippen molar-refractivity contribution in [2.24, 2.45) is 5.41 Å². The van der Waals surface area contributed by atoms with E-state index >= 15 is 0 Å². The summed E-state index contributed by atoms with van der Waals surface area (Å²) in [5.74, 6) is -0.328. The number of benzene rings is 1. The van der Waals surface area contributed by atoms with E-state index in [1.54, 1.807) is 32.0 Å². The lowest BCUT2D eigenvalue weighted by Gasteiger charge is -2.31. The van der Waals surface area contributed by atoms with Crippen LogP contribution in [0.1, 0.15) is 19.4 Å². The van der Waals surface area contributed by atoms with Gasteiger partial charge in [-0.05, 0) is 6.07 Å². The highest BCUT2D eigenvalue weighted by Gasteiger charge is 2.29. The first-order valence-corrected chi connectivity index (χ1v) is 5.58. The third-order valence-corrected chi connectivity index (χ3v) is 2.84. The van der Waals surface area contributed by atoms with Crippen molar-refractivity contribution >= 4 is 0 Å². The Kier molecular flexibility index (Phi) is 5.05. The first-order valence-electron chi connectivity index (χ1n) is 5.58. The molecule has 1 aromatic rings. The SMILES string of the molecule is CC(C)(CO)C(CO)OCc1ccccc1F. The van der Waals surface area contributed by atoms with Gasteiger partial charge in [0.25, 0.3) is 0 Å². The number of aliphatic hydroxyl groups is 2. The minimum absolute atomic E-state index is 0.0847. The van der Waals surface area contributed by atoms with Gasteiger partial charge in [-0.25, -0.2) is 4.39 Å². The molecule has 0 aliphatic heterocycles. The fourth-order valence-electron chi connectivity index (χ4n) is 1.43. The van der Waals surface area contributed by atoms with Gasteiger partial charge in [0.1, 0.15) is 5.82 Å². The summed E-state index contributed by atoms with van der Waals surface area (Å²) in [5.41, 5.74) is -0.111. The molecule has 0 fully saturated rings. The minimum Gasteiger partial charge on any atom is -0.396 e. The fourth-order valence-corrected chi connectivity index (χ4v) is 1.43. The third kappa shape index (κ3) is 3.77. The van der Waals surface area contributed by atoms with E-state index in [1.807, 2.05) is 0 Å². The Bertz CT molecular complexity index is 352. The van der Waals surface area contributed by atoms with Crippen LogP contribution >= 0.6 is 0 Å². The van der Waals surface area contributed by atoms with E-state index in [4.69, 9.17) is 4.74 Å². The molecule has 1 rings (SSSR count). The smallest absolute Gasteiger partial charge is 0.128 e. The van der Waals surface area contributed by atoms with Crippen molar-refractivity contribution in [3.8, 4) is 0 Å².